The van der Waals surface area contributed by atoms with Crippen LogP contribution in [0.4, 0.5) is 0 Å². The zero-order valence-corrected chi connectivity index (χ0v) is 17.3. The van der Waals surface area contributed by atoms with Crippen molar-refractivity contribution in [3.8, 4) is 17.2 Å². The third kappa shape index (κ3) is 4.54. The zero-order valence-electron chi connectivity index (χ0n) is 17.3. The summed E-state index contributed by atoms with van der Waals surface area (Å²) in [5.41, 5.74) is 3.60. The van der Waals surface area contributed by atoms with Gasteiger partial charge in [0.1, 0.15) is 5.75 Å². The molecule has 0 aliphatic rings. The first kappa shape index (κ1) is 20.6. The first-order valence-corrected chi connectivity index (χ1v) is 8.97. The van der Waals surface area contributed by atoms with Gasteiger partial charge in [-0.05, 0) is 53.8 Å². The van der Waals surface area contributed by atoms with Crippen LogP contribution in [0, 0.1) is 6.92 Å². The molecule has 1 amide bonds. The van der Waals surface area contributed by atoms with Crippen molar-refractivity contribution in [3.05, 3.63) is 52.6 Å². The molecule has 0 spiro atoms. The molecule has 5 nitrogen and oxygen atoms in total. The molecule has 0 fully saturated rings. The lowest BCUT2D eigenvalue weighted by Gasteiger charge is -2.21. The summed E-state index contributed by atoms with van der Waals surface area (Å²) in [6.45, 7) is 6.59. The van der Waals surface area contributed by atoms with Gasteiger partial charge in [0.25, 0.3) is 5.91 Å². The molecule has 0 unspecified atom stereocenters. The van der Waals surface area contributed by atoms with Crippen LogP contribution in [0.3, 0.4) is 0 Å². The summed E-state index contributed by atoms with van der Waals surface area (Å²) in [4.78, 5) is 14.8. The van der Waals surface area contributed by atoms with Gasteiger partial charge in [0.15, 0.2) is 11.5 Å². The summed E-state index contributed by atoms with van der Waals surface area (Å²) in [5, 5.41) is 0. The highest BCUT2D eigenvalue weighted by Crippen LogP contribution is 2.31. The second-order valence-electron chi connectivity index (χ2n) is 6.91. The Hall–Kier alpha value is -2.69. The van der Waals surface area contributed by atoms with E-state index in [1.807, 2.05) is 37.3 Å². The highest BCUT2D eigenvalue weighted by Gasteiger charge is 2.19. The number of aryl methyl sites for hydroxylation is 1. The fraction of sp³-hybridized carbons (Fsp3) is 0.409. The number of carbonyl (C=O) groups is 1. The van der Waals surface area contributed by atoms with E-state index in [9.17, 15) is 4.79 Å². The SMILES string of the molecule is COc1ccc(CN(C)C(=O)c2cc(C(C)C)c(OC)cc2C)cc1OC. The summed E-state index contributed by atoms with van der Waals surface area (Å²) in [6.07, 6.45) is 0. The van der Waals surface area contributed by atoms with Crippen molar-refractivity contribution < 1.29 is 19.0 Å². The van der Waals surface area contributed by atoms with E-state index in [0.29, 0.717) is 23.6 Å². The van der Waals surface area contributed by atoms with Crippen molar-refractivity contribution in [1.29, 1.82) is 0 Å². The highest BCUT2D eigenvalue weighted by atomic mass is 16.5. The Balaban J connectivity index is 2.28. The summed E-state index contributed by atoms with van der Waals surface area (Å²) in [5.74, 6) is 2.39. The molecule has 0 bridgehead atoms. The third-order valence-electron chi connectivity index (χ3n) is 4.64. The van der Waals surface area contributed by atoms with Gasteiger partial charge in [-0.3, -0.25) is 4.79 Å². The summed E-state index contributed by atoms with van der Waals surface area (Å²) in [7, 11) is 6.67. The van der Waals surface area contributed by atoms with Crippen LogP contribution in [0.15, 0.2) is 30.3 Å². The van der Waals surface area contributed by atoms with Gasteiger partial charge in [0.05, 0.1) is 21.3 Å². The molecular formula is C22H29NO4. The molecule has 2 aromatic rings. The van der Waals surface area contributed by atoms with Gasteiger partial charge in [-0.2, -0.15) is 0 Å². The number of nitrogens with zero attached hydrogens (tertiary/aromatic N) is 1. The van der Waals surface area contributed by atoms with Crippen molar-refractivity contribution in [2.75, 3.05) is 28.4 Å². The molecule has 0 aliphatic carbocycles. The van der Waals surface area contributed by atoms with Gasteiger partial charge >= 0.3 is 0 Å². The van der Waals surface area contributed by atoms with Crippen molar-refractivity contribution in [2.24, 2.45) is 0 Å². The fourth-order valence-corrected chi connectivity index (χ4v) is 3.09. The maximum Gasteiger partial charge on any atom is 0.254 e. The van der Waals surface area contributed by atoms with Crippen LogP contribution >= 0.6 is 0 Å². The maximum atomic E-state index is 13.1. The van der Waals surface area contributed by atoms with Crippen molar-refractivity contribution in [1.82, 2.24) is 4.90 Å². The minimum absolute atomic E-state index is 0.0214. The van der Waals surface area contributed by atoms with Crippen LogP contribution in [0.1, 0.15) is 46.8 Å². The van der Waals surface area contributed by atoms with Gasteiger partial charge in [-0.25, -0.2) is 0 Å². The average molecular weight is 371 g/mol. The first-order chi connectivity index (χ1) is 12.8. The zero-order chi connectivity index (χ0) is 20.1. The van der Waals surface area contributed by atoms with E-state index in [1.165, 1.54) is 0 Å². The summed E-state index contributed by atoms with van der Waals surface area (Å²) >= 11 is 0. The number of carbonyl (C=O) groups excluding carboxylic acids is 1. The third-order valence-corrected chi connectivity index (χ3v) is 4.64. The lowest BCUT2D eigenvalue weighted by Crippen LogP contribution is -2.27. The molecule has 0 saturated carbocycles. The Kier molecular flexibility index (Phi) is 6.72. The second kappa shape index (κ2) is 8.80. The molecule has 0 aliphatic heterocycles. The van der Waals surface area contributed by atoms with Crippen LogP contribution in [0.5, 0.6) is 17.2 Å². The number of amides is 1. The van der Waals surface area contributed by atoms with E-state index in [-0.39, 0.29) is 11.8 Å². The molecule has 5 heteroatoms. The van der Waals surface area contributed by atoms with E-state index in [0.717, 1.165) is 22.4 Å². The number of methoxy groups -OCH3 is 3. The molecule has 0 saturated heterocycles. The smallest absolute Gasteiger partial charge is 0.254 e. The molecule has 2 rings (SSSR count). The molecule has 0 heterocycles. The van der Waals surface area contributed by atoms with Gasteiger partial charge in [0.2, 0.25) is 0 Å². The molecule has 27 heavy (non-hydrogen) atoms. The number of benzene rings is 2. The van der Waals surface area contributed by atoms with E-state index < -0.39 is 0 Å². The standard InChI is InChI=1S/C22H29NO4/c1-14(2)17-12-18(15(3)10-20(17)26-6)22(24)23(4)13-16-8-9-19(25-5)21(11-16)27-7/h8-12,14H,13H2,1-7H3. The predicted octanol–water partition coefficient (Wildman–Crippen LogP) is 4.42. The minimum Gasteiger partial charge on any atom is -0.496 e. The molecule has 2 aromatic carbocycles. The quantitative estimate of drug-likeness (QED) is 0.723. The van der Waals surface area contributed by atoms with Gasteiger partial charge in [-0.15, -0.1) is 0 Å². The predicted molar refractivity (Wildman–Crippen MR) is 107 cm³/mol. The van der Waals surface area contributed by atoms with E-state index >= 15 is 0 Å². The fourth-order valence-electron chi connectivity index (χ4n) is 3.09. The van der Waals surface area contributed by atoms with Crippen LogP contribution < -0.4 is 14.2 Å². The average Bonchev–Trinajstić information content (AvgIpc) is 2.66. The first-order valence-electron chi connectivity index (χ1n) is 8.97. The molecule has 0 radical (unpaired) electrons. The Labute approximate surface area is 161 Å². The largest absolute Gasteiger partial charge is 0.496 e. The van der Waals surface area contributed by atoms with E-state index in [4.69, 9.17) is 14.2 Å². The lowest BCUT2D eigenvalue weighted by molar-refractivity contribution is 0.0784. The number of hydrogen-bond acceptors (Lipinski definition) is 4. The van der Waals surface area contributed by atoms with Crippen LogP contribution in [0.2, 0.25) is 0 Å². The van der Waals surface area contributed by atoms with Gasteiger partial charge in [-0.1, -0.05) is 19.9 Å². The Morgan fingerprint density at radius 1 is 0.963 bits per heavy atom. The maximum absolute atomic E-state index is 13.1. The normalized spacial score (nSPS) is 10.7. The second-order valence-corrected chi connectivity index (χ2v) is 6.91. The van der Waals surface area contributed by atoms with Crippen LogP contribution in [0.25, 0.3) is 0 Å². The van der Waals surface area contributed by atoms with E-state index in [1.54, 1.807) is 33.3 Å². The summed E-state index contributed by atoms with van der Waals surface area (Å²) < 4.78 is 16.1. The van der Waals surface area contributed by atoms with Crippen molar-refractivity contribution in [3.63, 3.8) is 0 Å². The number of hydrogen-bond donors (Lipinski definition) is 0. The van der Waals surface area contributed by atoms with Crippen molar-refractivity contribution in [2.45, 2.75) is 33.2 Å². The number of rotatable bonds is 7. The topological polar surface area (TPSA) is 48.0 Å². The van der Waals surface area contributed by atoms with Gasteiger partial charge in [0, 0.05) is 19.2 Å². The van der Waals surface area contributed by atoms with Crippen molar-refractivity contribution >= 4 is 5.91 Å². The van der Waals surface area contributed by atoms with Crippen LogP contribution in [-0.4, -0.2) is 39.2 Å². The Morgan fingerprint density at radius 2 is 1.59 bits per heavy atom. The van der Waals surface area contributed by atoms with E-state index in [2.05, 4.69) is 13.8 Å². The molecular weight excluding hydrogens is 342 g/mol. The Morgan fingerprint density at radius 3 is 2.15 bits per heavy atom. The minimum atomic E-state index is -0.0214. The Bertz CT molecular complexity index is 814. The van der Waals surface area contributed by atoms with Crippen LogP contribution in [-0.2, 0) is 6.54 Å². The molecule has 0 N–H and O–H groups in total. The molecule has 146 valence electrons. The summed E-state index contributed by atoms with van der Waals surface area (Å²) in [6, 6.07) is 9.57. The molecule has 0 aromatic heterocycles. The monoisotopic (exact) mass is 371 g/mol. The lowest BCUT2D eigenvalue weighted by atomic mass is 9.96. The molecule has 0 atom stereocenters. The van der Waals surface area contributed by atoms with Gasteiger partial charge < -0.3 is 19.1 Å². The highest BCUT2D eigenvalue weighted by molar-refractivity contribution is 5.96. The number of ether oxygens (including phenoxy) is 3.